The monoisotopic (exact) mass is 468 g/mol. The zero-order valence-electron chi connectivity index (χ0n) is 17.3. The van der Waals surface area contributed by atoms with Gasteiger partial charge in [0.2, 0.25) is 5.91 Å². The molecule has 0 unspecified atom stereocenters. The first kappa shape index (κ1) is 21.9. The van der Waals surface area contributed by atoms with E-state index in [1.54, 1.807) is 25.1 Å². The van der Waals surface area contributed by atoms with Crippen LogP contribution in [-0.2, 0) is 21.4 Å². The Kier molecular flexibility index (Phi) is 6.71. The molecule has 160 valence electrons. The van der Waals surface area contributed by atoms with Crippen LogP contribution in [0.15, 0.2) is 21.5 Å². The Morgan fingerprint density at radius 1 is 1.28 bits per heavy atom. The number of pyridine rings is 1. The summed E-state index contributed by atoms with van der Waals surface area (Å²) < 4.78 is 13.4. The maximum Gasteiger partial charge on any atom is 0.325 e. The van der Waals surface area contributed by atoms with Gasteiger partial charge >= 0.3 is 5.97 Å². The SMILES string of the molecule is CCOC(=O)CN(C(=O)C1(C)CC1)C1CCC(Oc2cc(=O)n(C)cc2Br)CC1. The van der Waals surface area contributed by atoms with E-state index >= 15 is 0 Å². The fraction of sp³-hybridized carbons (Fsp3) is 0.667. The van der Waals surface area contributed by atoms with Crippen LogP contribution in [0.4, 0.5) is 0 Å². The van der Waals surface area contributed by atoms with Crippen molar-refractivity contribution in [2.75, 3.05) is 13.2 Å². The Balaban J connectivity index is 1.63. The molecule has 0 N–H and O–H groups in total. The molecule has 1 heterocycles. The average molecular weight is 469 g/mol. The van der Waals surface area contributed by atoms with Crippen LogP contribution >= 0.6 is 15.9 Å². The Morgan fingerprint density at radius 3 is 2.52 bits per heavy atom. The van der Waals surface area contributed by atoms with Gasteiger partial charge in [0.1, 0.15) is 12.3 Å². The second-order valence-electron chi connectivity index (χ2n) is 8.28. The van der Waals surface area contributed by atoms with E-state index in [9.17, 15) is 14.4 Å². The Hall–Kier alpha value is -1.83. The molecule has 0 radical (unpaired) electrons. The fourth-order valence-corrected chi connectivity index (χ4v) is 4.30. The minimum atomic E-state index is -0.354. The molecule has 2 fully saturated rings. The first-order valence-electron chi connectivity index (χ1n) is 10.2. The number of amides is 1. The molecular weight excluding hydrogens is 440 g/mol. The first-order chi connectivity index (χ1) is 13.7. The van der Waals surface area contributed by atoms with E-state index in [0.717, 1.165) is 43.0 Å². The van der Waals surface area contributed by atoms with Crippen LogP contribution in [0, 0.1) is 5.41 Å². The normalized spacial score (nSPS) is 22.6. The van der Waals surface area contributed by atoms with Crippen LogP contribution in [-0.4, -0.2) is 46.6 Å². The highest BCUT2D eigenvalue weighted by molar-refractivity contribution is 9.10. The summed E-state index contributed by atoms with van der Waals surface area (Å²) in [6.45, 7) is 4.06. The molecule has 7 nitrogen and oxygen atoms in total. The average Bonchev–Trinajstić information content (AvgIpc) is 3.43. The van der Waals surface area contributed by atoms with Gasteiger partial charge in [0, 0.05) is 30.8 Å². The maximum absolute atomic E-state index is 13.0. The van der Waals surface area contributed by atoms with Gasteiger partial charge in [-0.25, -0.2) is 0 Å². The van der Waals surface area contributed by atoms with Gasteiger partial charge in [0.25, 0.3) is 5.56 Å². The number of ether oxygens (including phenoxy) is 2. The number of halogens is 1. The number of carbonyl (C=O) groups is 2. The van der Waals surface area contributed by atoms with Gasteiger partial charge < -0.3 is 18.9 Å². The van der Waals surface area contributed by atoms with Gasteiger partial charge in [-0.3, -0.25) is 14.4 Å². The number of aromatic nitrogens is 1. The van der Waals surface area contributed by atoms with Gasteiger partial charge in [0.05, 0.1) is 17.2 Å². The van der Waals surface area contributed by atoms with Crippen LogP contribution in [0.3, 0.4) is 0 Å². The molecule has 0 saturated heterocycles. The highest BCUT2D eigenvalue weighted by atomic mass is 79.9. The molecule has 3 rings (SSSR count). The summed E-state index contributed by atoms with van der Waals surface area (Å²) in [4.78, 5) is 38.7. The lowest BCUT2D eigenvalue weighted by molar-refractivity contribution is -0.153. The van der Waals surface area contributed by atoms with E-state index in [2.05, 4.69) is 15.9 Å². The number of esters is 1. The van der Waals surface area contributed by atoms with Gasteiger partial charge in [-0.15, -0.1) is 0 Å². The molecule has 2 saturated carbocycles. The summed E-state index contributed by atoms with van der Waals surface area (Å²) >= 11 is 3.44. The Morgan fingerprint density at radius 2 is 1.93 bits per heavy atom. The summed E-state index contributed by atoms with van der Waals surface area (Å²) in [5, 5.41) is 0. The van der Waals surface area contributed by atoms with Crippen molar-refractivity contribution < 1.29 is 19.1 Å². The Bertz CT molecular complexity index is 825. The van der Waals surface area contributed by atoms with E-state index in [-0.39, 0.29) is 41.5 Å². The standard InChI is InChI=1S/C21H29BrN2O5/c1-4-28-19(26)13-24(20(27)21(2)9-10-21)14-5-7-15(8-6-14)29-17-11-18(25)23(3)12-16(17)22/h11-12,14-15H,4-10,13H2,1-3H3. The molecule has 0 spiro atoms. The number of nitrogens with zero attached hydrogens (tertiary/aromatic N) is 2. The maximum atomic E-state index is 13.0. The highest BCUT2D eigenvalue weighted by Crippen LogP contribution is 2.47. The molecule has 0 bridgehead atoms. The van der Waals surface area contributed by atoms with E-state index in [4.69, 9.17) is 9.47 Å². The third kappa shape index (κ3) is 5.21. The lowest BCUT2D eigenvalue weighted by atomic mass is 9.90. The molecule has 1 aromatic heterocycles. The lowest BCUT2D eigenvalue weighted by Crippen LogP contribution is -2.48. The predicted octanol–water partition coefficient (Wildman–Crippen LogP) is 3.03. The number of carbonyl (C=O) groups excluding carboxylic acids is 2. The summed E-state index contributed by atoms with van der Waals surface area (Å²) in [5.41, 5.74) is -0.449. The summed E-state index contributed by atoms with van der Waals surface area (Å²) in [6, 6.07) is 1.50. The van der Waals surface area contributed by atoms with E-state index < -0.39 is 0 Å². The number of rotatable bonds is 7. The van der Waals surface area contributed by atoms with Crippen LogP contribution in [0.1, 0.15) is 52.4 Å². The van der Waals surface area contributed by atoms with Crippen molar-refractivity contribution in [2.24, 2.45) is 12.5 Å². The van der Waals surface area contributed by atoms with Crippen LogP contribution in [0.5, 0.6) is 5.75 Å². The highest BCUT2D eigenvalue weighted by Gasteiger charge is 2.49. The minimum absolute atomic E-state index is 0.0104. The van der Waals surface area contributed by atoms with Crippen molar-refractivity contribution in [2.45, 2.75) is 64.5 Å². The second kappa shape index (κ2) is 8.90. The molecule has 0 aromatic carbocycles. The molecular formula is C21H29BrN2O5. The number of hydrogen-bond donors (Lipinski definition) is 0. The Labute approximate surface area is 179 Å². The van der Waals surface area contributed by atoms with Crippen molar-refractivity contribution >= 4 is 27.8 Å². The summed E-state index contributed by atoms with van der Waals surface area (Å²) in [5.74, 6) is 0.248. The molecule has 1 amide bonds. The number of hydrogen-bond acceptors (Lipinski definition) is 5. The quantitative estimate of drug-likeness (QED) is 0.574. The third-order valence-corrected chi connectivity index (χ3v) is 6.50. The molecule has 2 aliphatic carbocycles. The summed E-state index contributed by atoms with van der Waals surface area (Å²) in [7, 11) is 1.69. The van der Waals surface area contributed by atoms with Crippen molar-refractivity contribution in [1.29, 1.82) is 0 Å². The van der Waals surface area contributed by atoms with Gasteiger partial charge in [0.15, 0.2) is 0 Å². The minimum Gasteiger partial charge on any atom is -0.489 e. The topological polar surface area (TPSA) is 77.8 Å². The van der Waals surface area contributed by atoms with Crippen molar-refractivity contribution in [1.82, 2.24) is 9.47 Å². The van der Waals surface area contributed by atoms with Crippen LogP contribution < -0.4 is 10.3 Å². The molecule has 8 heteroatoms. The molecule has 0 atom stereocenters. The third-order valence-electron chi connectivity index (χ3n) is 5.90. The van der Waals surface area contributed by atoms with Gasteiger partial charge in [-0.1, -0.05) is 6.92 Å². The van der Waals surface area contributed by atoms with Crippen molar-refractivity contribution in [3.63, 3.8) is 0 Å². The van der Waals surface area contributed by atoms with Crippen molar-refractivity contribution in [3.8, 4) is 5.75 Å². The molecule has 29 heavy (non-hydrogen) atoms. The lowest BCUT2D eigenvalue weighted by Gasteiger charge is -2.37. The predicted molar refractivity (Wildman–Crippen MR) is 112 cm³/mol. The van der Waals surface area contributed by atoms with E-state index in [1.165, 1.54) is 10.6 Å². The largest absolute Gasteiger partial charge is 0.489 e. The molecule has 0 aliphatic heterocycles. The zero-order chi connectivity index (χ0) is 21.2. The van der Waals surface area contributed by atoms with E-state index in [1.807, 2.05) is 6.92 Å². The molecule has 2 aliphatic rings. The summed E-state index contributed by atoms with van der Waals surface area (Å²) in [6.07, 6.45) is 6.46. The van der Waals surface area contributed by atoms with Gasteiger partial charge in [-0.05, 0) is 61.4 Å². The fourth-order valence-electron chi connectivity index (χ4n) is 3.79. The number of aryl methyl sites for hydroxylation is 1. The molecule has 1 aromatic rings. The van der Waals surface area contributed by atoms with Crippen LogP contribution in [0.25, 0.3) is 0 Å². The van der Waals surface area contributed by atoms with Crippen molar-refractivity contribution in [3.05, 3.63) is 27.1 Å². The van der Waals surface area contributed by atoms with Crippen LogP contribution in [0.2, 0.25) is 0 Å². The smallest absolute Gasteiger partial charge is 0.325 e. The zero-order valence-corrected chi connectivity index (χ0v) is 18.9. The second-order valence-corrected chi connectivity index (χ2v) is 9.14. The van der Waals surface area contributed by atoms with E-state index in [0.29, 0.717) is 12.4 Å². The van der Waals surface area contributed by atoms with Gasteiger partial charge in [-0.2, -0.15) is 0 Å². The first-order valence-corrected chi connectivity index (χ1v) is 11.0.